The Hall–Kier alpha value is -3.95. The van der Waals surface area contributed by atoms with Crippen molar-refractivity contribution in [3.63, 3.8) is 0 Å². The van der Waals surface area contributed by atoms with Crippen molar-refractivity contribution in [1.29, 1.82) is 0 Å². The molecule has 1 amide bonds. The lowest BCUT2D eigenvalue weighted by atomic mass is 10.0. The van der Waals surface area contributed by atoms with Gasteiger partial charge < -0.3 is 10.1 Å². The molecule has 1 heterocycles. The number of carbonyl (C=O) groups is 1. The SMILES string of the molecule is COc1ccc([N+](=O)[O-])cc1CSc1nc2ccc(NC(=O)c3cccc4ccccc34)cc2s1. The van der Waals surface area contributed by atoms with Gasteiger partial charge in [0, 0.05) is 34.7 Å². The van der Waals surface area contributed by atoms with E-state index in [9.17, 15) is 14.9 Å². The highest BCUT2D eigenvalue weighted by atomic mass is 32.2. The summed E-state index contributed by atoms with van der Waals surface area (Å²) in [5.74, 6) is 0.913. The van der Waals surface area contributed by atoms with Crippen LogP contribution in [0.2, 0.25) is 0 Å². The van der Waals surface area contributed by atoms with E-state index < -0.39 is 4.92 Å². The molecule has 5 aromatic rings. The number of ether oxygens (including phenoxy) is 1. The maximum absolute atomic E-state index is 13.0. The second-order valence-corrected chi connectivity index (χ2v) is 9.94. The fourth-order valence-corrected chi connectivity index (χ4v) is 5.88. The van der Waals surface area contributed by atoms with E-state index in [0.29, 0.717) is 22.8 Å². The number of amides is 1. The van der Waals surface area contributed by atoms with Crippen molar-refractivity contribution in [2.24, 2.45) is 0 Å². The van der Waals surface area contributed by atoms with E-state index in [4.69, 9.17) is 4.74 Å². The predicted octanol–water partition coefficient (Wildman–Crippen LogP) is 6.91. The zero-order valence-electron chi connectivity index (χ0n) is 18.6. The highest BCUT2D eigenvalue weighted by molar-refractivity contribution is 8.00. The molecule has 9 heteroatoms. The Morgan fingerprint density at radius 2 is 1.91 bits per heavy atom. The molecular weight excluding hydrogens is 482 g/mol. The van der Waals surface area contributed by atoms with Gasteiger partial charge in [-0.05, 0) is 41.1 Å². The van der Waals surface area contributed by atoms with Crippen molar-refractivity contribution in [3.8, 4) is 5.75 Å². The average molecular weight is 502 g/mol. The molecule has 0 aliphatic carbocycles. The predicted molar refractivity (Wildman–Crippen MR) is 141 cm³/mol. The third-order valence-corrected chi connectivity index (χ3v) is 7.70. The van der Waals surface area contributed by atoms with E-state index in [1.54, 1.807) is 13.2 Å². The standard InChI is InChI=1S/C26H19N3O4S2/c1-33-23-12-10-19(29(31)32)13-17(23)15-34-26-28-22-11-9-18(14-24(22)35-26)27-25(30)21-8-4-6-16-5-2-3-7-20(16)21/h2-14H,15H2,1H3,(H,27,30). The molecule has 0 bridgehead atoms. The highest BCUT2D eigenvalue weighted by Crippen LogP contribution is 2.35. The molecule has 35 heavy (non-hydrogen) atoms. The number of hydrogen-bond acceptors (Lipinski definition) is 7. The van der Waals surface area contributed by atoms with Crippen LogP contribution in [0.15, 0.2) is 83.2 Å². The van der Waals surface area contributed by atoms with Gasteiger partial charge in [0.1, 0.15) is 5.75 Å². The van der Waals surface area contributed by atoms with Crippen molar-refractivity contribution in [2.75, 3.05) is 12.4 Å². The number of hydrogen-bond donors (Lipinski definition) is 1. The lowest BCUT2D eigenvalue weighted by Gasteiger charge is -2.08. The van der Waals surface area contributed by atoms with Crippen LogP contribution in [-0.2, 0) is 5.75 Å². The molecule has 0 aliphatic heterocycles. The lowest BCUT2D eigenvalue weighted by Crippen LogP contribution is -2.12. The molecule has 0 unspecified atom stereocenters. The Kier molecular flexibility index (Phi) is 6.35. The third kappa shape index (κ3) is 4.82. The maximum atomic E-state index is 13.0. The number of nitro groups is 1. The first kappa shape index (κ1) is 22.8. The normalized spacial score (nSPS) is 11.0. The van der Waals surface area contributed by atoms with Crippen LogP contribution in [0, 0.1) is 10.1 Å². The zero-order valence-corrected chi connectivity index (χ0v) is 20.2. The van der Waals surface area contributed by atoms with Gasteiger partial charge >= 0.3 is 0 Å². The number of thioether (sulfide) groups is 1. The fourth-order valence-electron chi connectivity index (χ4n) is 3.80. The molecule has 1 aromatic heterocycles. The summed E-state index contributed by atoms with van der Waals surface area (Å²) >= 11 is 2.99. The van der Waals surface area contributed by atoms with Gasteiger partial charge in [-0.25, -0.2) is 4.98 Å². The van der Waals surface area contributed by atoms with Crippen LogP contribution in [-0.4, -0.2) is 22.9 Å². The number of benzene rings is 4. The molecule has 0 radical (unpaired) electrons. The van der Waals surface area contributed by atoms with Gasteiger partial charge in [0.2, 0.25) is 0 Å². The first-order valence-electron chi connectivity index (χ1n) is 10.7. The lowest BCUT2D eigenvalue weighted by molar-refractivity contribution is -0.384. The van der Waals surface area contributed by atoms with Crippen LogP contribution in [0.25, 0.3) is 21.0 Å². The van der Waals surface area contributed by atoms with E-state index in [0.717, 1.165) is 30.9 Å². The molecule has 0 saturated carbocycles. The van der Waals surface area contributed by atoms with Crippen molar-refractivity contribution >= 4 is 61.4 Å². The number of methoxy groups -OCH3 is 1. The van der Waals surface area contributed by atoms with Crippen LogP contribution in [0.1, 0.15) is 15.9 Å². The van der Waals surface area contributed by atoms with Crippen molar-refractivity contribution in [1.82, 2.24) is 4.98 Å². The van der Waals surface area contributed by atoms with Gasteiger partial charge in [-0.1, -0.05) is 48.2 Å². The quantitative estimate of drug-likeness (QED) is 0.148. The summed E-state index contributed by atoms with van der Waals surface area (Å²) in [6, 6.07) is 23.7. The van der Waals surface area contributed by atoms with Crippen molar-refractivity contribution in [2.45, 2.75) is 10.1 Å². The summed E-state index contributed by atoms with van der Waals surface area (Å²) in [6.07, 6.45) is 0. The second kappa shape index (κ2) is 9.73. The average Bonchev–Trinajstić information content (AvgIpc) is 3.29. The summed E-state index contributed by atoms with van der Waals surface area (Å²) in [6.45, 7) is 0. The molecule has 0 saturated heterocycles. The number of nitro benzene ring substituents is 1. The van der Waals surface area contributed by atoms with Gasteiger partial charge in [0.15, 0.2) is 4.34 Å². The molecule has 1 N–H and O–H groups in total. The van der Waals surface area contributed by atoms with Crippen molar-refractivity contribution in [3.05, 3.63) is 100 Å². The van der Waals surface area contributed by atoms with Crippen LogP contribution in [0.4, 0.5) is 11.4 Å². The summed E-state index contributed by atoms with van der Waals surface area (Å²) < 4.78 is 7.11. The summed E-state index contributed by atoms with van der Waals surface area (Å²) in [5, 5.41) is 16.0. The number of nitrogens with zero attached hydrogens (tertiary/aromatic N) is 2. The van der Waals surface area contributed by atoms with Gasteiger partial charge in [-0.3, -0.25) is 14.9 Å². The molecule has 4 aromatic carbocycles. The molecule has 0 spiro atoms. The first-order valence-corrected chi connectivity index (χ1v) is 12.5. The molecule has 7 nitrogen and oxygen atoms in total. The topological polar surface area (TPSA) is 94.4 Å². The Morgan fingerprint density at radius 3 is 2.74 bits per heavy atom. The number of nitrogens with one attached hydrogen (secondary N) is 1. The van der Waals surface area contributed by atoms with Crippen LogP contribution < -0.4 is 10.1 Å². The van der Waals surface area contributed by atoms with Crippen molar-refractivity contribution < 1.29 is 14.5 Å². The number of anilines is 1. The number of thiazole rings is 1. The monoisotopic (exact) mass is 501 g/mol. The number of aromatic nitrogens is 1. The minimum absolute atomic E-state index is 0.0253. The Bertz CT molecular complexity index is 1580. The van der Waals surface area contributed by atoms with Crippen LogP contribution >= 0.6 is 23.1 Å². The van der Waals surface area contributed by atoms with E-state index in [2.05, 4.69) is 10.3 Å². The van der Waals surface area contributed by atoms with E-state index in [1.807, 2.05) is 60.7 Å². The first-order chi connectivity index (χ1) is 17.0. The molecular formula is C26H19N3O4S2. The van der Waals surface area contributed by atoms with Gasteiger partial charge in [0.25, 0.3) is 11.6 Å². The Balaban J connectivity index is 1.34. The smallest absolute Gasteiger partial charge is 0.270 e. The molecule has 0 atom stereocenters. The Morgan fingerprint density at radius 1 is 1.09 bits per heavy atom. The summed E-state index contributed by atoms with van der Waals surface area (Å²) in [4.78, 5) is 28.3. The maximum Gasteiger partial charge on any atom is 0.270 e. The number of non-ortho nitro benzene ring substituents is 1. The number of fused-ring (bicyclic) bond motifs is 2. The van der Waals surface area contributed by atoms with Gasteiger partial charge in [-0.15, -0.1) is 11.3 Å². The van der Waals surface area contributed by atoms with E-state index in [-0.39, 0.29) is 11.6 Å². The number of rotatable bonds is 7. The summed E-state index contributed by atoms with van der Waals surface area (Å²) in [5.41, 5.74) is 2.89. The Labute approximate surface area is 208 Å². The zero-order chi connectivity index (χ0) is 24.4. The minimum Gasteiger partial charge on any atom is -0.496 e. The highest BCUT2D eigenvalue weighted by Gasteiger charge is 2.14. The molecule has 174 valence electrons. The second-order valence-electron chi connectivity index (χ2n) is 7.69. The third-order valence-electron chi connectivity index (χ3n) is 5.49. The van der Waals surface area contributed by atoms with Gasteiger partial charge in [0.05, 0.1) is 22.2 Å². The fraction of sp³-hybridized carbons (Fsp3) is 0.0769. The summed E-state index contributed by atoms with van der Waals surface area (Å²) in [7, 11) is 1.54. The minimum atomic E-state index is -0.417. The van der Waals surface area contributed by atoms with E-state index in [1.165, 1.54) is 35.2 Å². The largest absolute Gasteiger partial charge is 0.496 e. The van der Waals surface area contributed by atoms with Gasteiger partial charge in [-0.2, -0.15) is 0 Å². The number of carbonyl (C=O) groups excluding carboxylic acids is 1. The molecule has 5 rings (SSSR count). The van der Waals surface area contributed by atoms with Crippen LogP contribution in [0.5, 0.6) is 5.75 Å². The molecule has 0 aliphatic rings. The van der Waals surface area contributed by atoms with Crippen LogP contribution in [0.3, 0.4) is 0 Å². The van der Waals surface area contributed by atoms with E-state index >= 15 is 0 Å². The molecule has 0 fully saturated rings.